The Hall–Kier alpha value is -4.41. The summed E-state index contributed by atoms with van der Waals surface area (Å²) in [6.07, 6.45) is 3.17. The van der Waals surface area contributed by atoms with Crippen molar-refractivity contribution < 1.29 is 4.79 Å². The van der Waals surface area contributed by atoms with Crippen LogP contribution in [0.25, 0.3) is 0 Å². The van der Waals surface area contributed by atoms with Crippen molar-refractivity contribution in [2.75, 3.05) is 11.4 Å². The highest BCUT2D eigenvalue weighted by atomic mass is 35.5. The standard InChI is InChI=1S/C26H19ClN6O/c27-21-13-11-20(12-14-21)25-24(31-17-19(15-28)16-29-31)18-32(30-25)26(34)33(22-7-3-1-4-8-22)23-9-5-2-6-10-23/h1-14,16-17,24H,18H2. The molecule has 0 N–H and O–H groups in total. The molecule has 2 heterocycles. The van der Waals surface area contributed by atoms with Gasteiger partial charge in [-0.25, -0.2) is 9.80 Å². The second-order valence-corrected chi connectivity index (χ2v) is 8.14. The van der Waals surface area contributed by atoms with Crippen LogP contribution in [0.15, 0.2) is 102 Å². The molecule has 3 aromatic carbocycles. The maximum atomic E-state index is 13.9. The minimum atomic E-state index is -0.361. The van der Waals surface area contributed by atoms with Crippen molar-refractivity contribution in [3.05, 3.63) is 113 Å². The number of aromatic nitrogens is 2. The Morgan fingerprint density at radius 2 is 1.59 bits per heavy atom. The van der Waals surface area contributed by atoms with E-state index >= 15 is 0 Å². The molecule has 0 spiro atoms. The van der Waals surface area contributed by atoms with Crippen LogP contribution in [0.2, 0.25) is 5.02 Å². The number of nitrogens with zero attached hydrogens (tertiary/aromatic N) is 6. The van der Waals surface area contributed by atoms with Crippen molar-refractivity contribution in [1.29, 1.82) is 5.26 Å². The van der Waals surface area contributed by atoms with Crippen LogP contribution in [0, 0.1) is 11.3 Å². The number of benzene rings is 3. The van der Waals surface area contributed by atoms with Gasteiger partial charge in [0, 0.05) is 16.8 Å². The molecule has 1 aromatic heterocycles. The first-order chi connectivity index (χ1) is 16.6. The molecule has 5 rings (SSSR count). The monoisotopic (exact) mass is 466 g/mol. The third-order valence-electron chi connectivity index (χ3n) is 5.52. The summed E-state index contributed by atoms with van der Waals surface area (Å²) in [5, 5.41) is 20.4. The van der Waals surface area contributed by atoms with Crippen LogP contribution >= 0.6 is 11.6 Å². The SMILES string of the molecule is N#Cc1cnn(C2CN(C(=O)N(c3ccccc3)c3ccccc3)N=C2c2ccc(Cl)cc2)c1. The van der Waals surface area contributed by atoms with Crippen molar-refractivity contribution in [3.63, 3.8) is 0 Å². The van der Waals surface area contributed by atoms with Crippen molar-refractivity contribution in [2.45, 2.75) is 6.04 Å². The largest absolute Gasteiger partial charge is 0.349 e. The smallest absolute Gasteiger partial charge is 0.261 e. The van der Waals surface area contributed by atoms with E-state index in [4.69, 9.17) is 16.7 Å². The van der Waals surface area contributed by atoms with Gasteiger partial charge in [0.25, 0.3) is 0 Å². The molecule has 166 valence electrons. The Balaban J connectivity index is 1.56. The van der Waals surface area contributed by atoms with E-state index in [0.717, 1.165) is 16.9 Å². The Morgan fingerprint density at radius 1 is 0.971 bits per heavy atom. The number of hydrogen-bond acceptors (Lipinski definition) is 4. The minimum absolute atomic E-state index is 0.263. The highest BCUT2D eigenvalue weighted by Gasteiger charge is 2.36. The van der Waals surface area contributed by atoms with Crippen LogP contribution < -0.4 is 4.90 Å². The summed E-state index contributed by atoms with van der Waals surface area (Å²) >= 11 is 6.09. The Bertz CT molecular complexity index is 1340. The summed E-state index contributed by atoms with van der Waals surface area (Å²) in [6, 6.07) is 27.6. The second kappa shape index (κ2) is 9.22. The number of hydrogen-bond donors (Lipinski definition) is 0. The molecule has 7 nitrogen and oxygen atoms in total. The molecule has 0 saturated heterocycles. The molecule has 4 aromatic rings. The molecule has 0 bridgehead atoms. The second-order valence-electron chi connectivity index (χ2n) is 7.70. The Morgan fingerprint density at radius 3 is 2.15 bits per heavy atom. The molecule has 0 fully saturated rings. The van der Waals surface area contributed by atoms with Crippen molar-refractivity contribution >= 4 is 34.7 Å². The number of nitriles is 1. The molecular weight excluding hydrogens is 448 g/mol. The van der Waals surface area contributed by atoms with Gasteiger partial charge in [-0.3, -0.25) is 9.58 Å². The van der Waals surface area contributed by atoms with Gasteiger partial charge in [0.05, 0.1) is 35.4 Å². The zero-order valence-electron chi connectivity index (χ0n) is 18.0. The molecule has 1 unspecified atom stereocenters. The molecule has 1 aliphatic heterocycles. The summed E-state index contributed by atoms with van der Waals surface area (Å²) in [7, 11) is 0. The van der Waals surface area contributed by atoms with Gasteiger partial charge in [0.1, 0.15) is 12.1 Å². The lowest BCUT2D eigenvalue weighted by Crippen LogP contribution is -2.38. The zero-order valence-corrected chi connectivity index (χ0v) is 18.7. The van der Waals surface area contributed by atoms with E-state index < -0.39 is 0 Å². The molecule has 1 atom stereocenters. The van der Waals surface area contributed by atoms with Gasteiger partial charge in [-0.1, -0.05) is 60.1 Å². The van der Waals surface area contributed by atoms with Gasteiger partial charge >= 0.3 is 6.03 Å². The van der Waals surface area contributed by atoms with E-state index in [0.29, 0.717) is 16.3 Å². The van der Waals surface area contributed by atoms with E-state index in [1.807, 2.05) is 72.8 Å². The summed E-state index contributed by atoms with van der Waals surface area (Å²) in [5.41, 5.74) is 3.39. The van der Waals surface area contributed by atoms with Gasteiger partial charge in [-0.2, -0.15) is 15.5 Å². The summed E-state index contributed by atoms with van der Waals surface area (Å²) in [4.78, 5) is 15.5. The van der Waals surface area contributed by atoms with E-state index in [-0.39, 0.29) is 18.6 Å². The zero-order chi connectivity index (χ0) is 23.5. The topological polar surface area (TPSA) is 77.5 Å². The number of para-hydroxylation sites is 2. The van der Waals surface area contributed by atoms with Gasteiger partial charge < -0.3 is 0 Å². The normalized spacial score (nSPS) is 15.0. The fraction of sp³-hybridized carbons (Fsp3) is 0.0769. The van der Waals surface area contributed by atoms with E-state index in [1.54, 1.807) is 27.9 Å². The predicted octanol–water partition coefficient (Wildman–Crippen LogP) is 5.63. The predicted molar refractivity (Wildman–Crippen MR) is 131 cm³/mol. The maximum Gasteiger partial charge on any atom is 0.349 e. The number of carbonyl (C=O) groups is 1. The molecule has 0 aliphatic carbocycles. The maximum absolute atomic E-state index is 13.9. The number of halogens is 1. The first-order valence-corrected chi connectivity index (χ1v) is 11.0. The number of hydrazone groups is 1. The molecule has 1 aliphatic rings. The van der Waals surface area contributed by atoms with Crippen molar-refractivity contribution in [1.82, 2.24) is 14.8 Å². The van der Waals surface area contributed by atoms with Crippen LogP contribution in [0.3, 0.4) is 0 Å². The fourth-order valence-electron chi connectivity index (χ4n) is 3.89. The van der Waals surface area contributed by atoms with E-state index in [1.165, 1.54) is 11.2 Å². The molecular formula is C26H19ClN6O. The summed E-state index contributed by atoms with van der Waals surface area (Å²) < 4.78 is 1.68. The van der Waals surface area contributed by atoms with Gasteiger partial charge in [-0.15, -0.1) is 0 Å². The highest BCUT2D eigenvalue weighted by molar-refractivity contribution is 6.30. The summed E-state index contributed by atoms with van der Waals surface area (Å²) in [5.74, 6) is 0. The first-order valence-electron chi connectivity index (χ1n) is 10.6. The molecule has 0 saturated carbocycles. The Labute approximate surface area is 201 Å². The van der Waals surface area contributed by atoms with Gasteiger partial charge in [0.2, 0.25) is 0 Å². The average molecular weight is 467 g/mol. The van der Waals surface area contributed by atoms with Gasteiger partial charge in [-0.05, 0) is 36.4 Å². The number of anilines is 2. The van der Waals surface area contributed by atoms with Crippen LogP contribution in [0.4, 0.5) is 16.2 Å². The van der Waals surface area contributed by atoms with Crippen molar-refractivity contribution in [2.24, 2.45) is 5.10 Å². The minimum Gasteiger partial charge on any atom is -0.261 e. The summed E-state index contributed by atoms with van der Waals surface area (Å²) in [6.45, 7) is 0.263. The van der Waals surface area contributed by atoms with Gasteiger partial charge in [0.15, 0.2) is 0 Å². The average Bonchev–Trinajstić information content (AvgIpc) is 3.53. The molecule has 8 heteroatoms. The first kappa shape index (κ1) is 21.4. The van der Waals surface area contributed by atoms with Crippen molar-refractivity contribution in [3.8, 4) is 6.07 Å². The number of carbonyl (C=O) groups excluding carboxylic acids is 1. The third-order valence-corrected chi connectivity index (χ3v) is 5.77. The highest BCUT2D eigenvalue weighted by Crippen LogP contribution is 2.31. The number of urea groups is 1. The van der Waals surface area contributed by atoms with Crippen LogP contribution in [-0.4, -0.2) is 33.1 Å². The molecule has 0 radical (unpaired) electrons. The third kappa shape index (κ3) is 4.15. The lowest BCUT2D eigenvalue weighted by atomic mass is 10.0. The lowest BCUT2D eigenvalue weighted by molar-refractivity contribution is 0.210. The van der Waals surface area contributed by atoms with E-state index in [2.05, 4.69) is 11.2 Å². The molecule has 2 amide bonds. The Kier molecular flexibility index (Phi) is 5.81. The van der Waals surface area contributed by atoms with E-state index in [9.17, 15) is 10.1 Å². The number of rotatable bonds is 4. The number of amides is 2. The van der Waals surface area contributed by atoms with Crippen LogP contribution in [0.1, 0.15) is 17.2 Å². The van der Waals surface area contributed by atoms with Crippen LogP contribution in [-0.2, 0) is 0 Å². The van der Waals surface area contributed by atoms with Crippen LogP contribution in [0.5, 0.6) is 0 Å². The molecule has 34 heavy (non-hydrogen) atoms. The quantitative estimate of drug-likeness (QED) is 0.391. The fourth-order valence-corrected chi connectivity index (χ4v) is 4.02. The lowest BCUT2D eigenvalue weighted by Gasteiger charge is -2.26.